The van der Waals surface area contributed by atoms with Crippen LogP contribution in [0.4, 0.5) is 10.8 Å². The SMILES string of the molecule is O=C1C[C@H](Nc2ccc(S(=O)(=O)Nc3nccs3)cc2)C(=O)N1Cc1ccc(Cl)cc1. The molecule has 31 heavy (non-hydrogen) atoms. The fourth-order valence-electron chi connectivity index (χ4n) is 3.11. The van der Waals surface area contributed by atoms with Gasteiger partial charge in [0.25, 0.3) is 15.9 Å². The lowest BCUT2D eigenvalue weighted by Gasteiger charge is -2.16. The van der Waals surface area contributed by atoms with Crippen LogP contribution >= 0.6 is 22.9 Å². The molecular weight excluding hydrogens is 460 g/mol. The van der Waals surface area contributed by atoms with Crippen molar-refractivity contribution < 1.29 is 18.0 Å². The summed E-state index contributed by atoms with van der Waals surface area (Å²) < 4.78 is 27.2. The monoisotopic (exact) mass is 476 g/mol. The number of nitrogens with zero attached hydrogens (tertiary/aromatic N) is 2. The molecule has 0 bridgehead atoms. The highest BCUT2D eigenvalue weighted by molar-refractivity contribution is 7.93. The maximum Gasteiger partial charge on any atom is 0.263 e. The van der Waals surface area contributed by atoms with E-state index in [2.05, 4.69) is 15.0 Å². The van der Waals surface area contributed by atoms with Gasteiger partial charge in [-0.15, -0.1) is 11.3 Å². The molecule has 0 saturated carbocycles. The van der Waals surface area contributed by atoms with E-state index in [1.807, 2.05) is 0 Å². The number of sulfonamides is 1. The van der Waals surface area contributed by atoms with Crippen molar-refractivity contribution >= 4 is 55.6 Å². The van der Waals surface area contributed by atoms with Crippen molar-refractivity contribution in [2.75, 3.05) is 10.0 Å². The Bertz CT molecular complexity index is 1200. The third kappa shape index (κ3) is 4.87. The van der Waals surface area contributed by atoms with Crippen molar-refractivity contribution in [1.82, 2.24) is 9.88 Å². The van der Waals surface area contributed by atoms with Crippen LogP contribution in [0.2, 0.25) is 5.02 Å². The molecule has 8 nitrogen and oxygen atoms in total. The number of carbonyl (C=O) groups is 2. The molecule has 1 aliphatic heterocycles. The zero-order valence-corrected chi connectivity index (χ0v) is 18.4. The van der Waals surface area contributed by atoms with Crippen LogP contribution in [0.3, 0.4) is 0 Å². The molecule has 0 unspecified atom stereocenters. The third-order valence-electron chi connectivity index (χ3n) is 4.66. The minimum Gasteiger partial charge on any atom is -0.373 e. The van der Waals surface area contributed by atoms with Crippen LogP contribution in [0.15, 0.2) is 65.0 Å². The molecule has 3 aromatic rings. The molecule has 2 amide bonds. The van der Waals surface area contributed by atoms with Crippen molar-refractivity contribution in [1.29, 1.82) is 0 Å². The average Bonchev–Trinajstić information content (AvgIpc) is 3.33. The molecule has 1 aromatic heterocycles. The van der Waals surface area contributed by atoms with E-state index in [1.165, 1.54) is 34.6 Å². The highest BCUT2D eigenvalue weighted by Crippen LogP contribution is 2.23. The van der Waals surface area contributed by atoms with Crippen molar-refractivity contribution in [2.45, 2.75) is 23.9 Å². The van der Waals surface area contributed by atoms with Gasteiger partial charge in [-0.25, -0.2) is 13.4 Å². The zero-order chi connectivity index (χ0) is 22.0. The molecule has 1 atom stereocenters. The average molecular weight is 477 g/mol. The molecule has 160 valence electrons. The number of carbonyl (C=O) groups excluding carboxylic acids is 2. The summed E-state index contributed by atoms with van der Waals surface area (Å²) in [4.78, 5) is 30.2. The Balaban J connectivity index is 1.41. The summed E-state index contributed by atoms with van der Waals surface area (Å²) in [6.45, 7) is 0.173. The number of hydrogen-bond donors (Lipinski definition) is 2. The first kappa shape index (κ1) is 21.3. The number of benzene rings is 2. The van der Waals surface area contributed by atoms with Gasteiger partial charge in [0.15, 0.2) is 5.13 Å². The Kier molecular flexibility index (Phi) is 5.94. The van der Waals surface area contributed by atoms with E-state index >= 15 is 0 Å². The van der Waals surface area contributed by atoms with E-state index in [0.29, 0.717) is 10.7 Å². The molecule has 0 radical (unpaired) electrons. The molecule has 1 fully saturated rings. The largest absolute Gasteiger partial charge is 0.373 e. The number of likely N-dealkylation sites (tertiary alicyclic amines) is 1. The minimum absolute atomic E-state index is 0.0259. The highest BCUT2D eigenvalue weighted by Gasteiger charge is 2.38. The quantitative estimate of drug-likeness (QED) is 0.506. The number of thiazole rings is 1. The van der Waals surface area contributed by atoms with Gasteiger partial charge in [-0.3, -0.25) is 19.2 Å². The fourth-order valence-corrected chi connectivity index (χ4v) is 5.03. The predicted molar refractivity (Wildman–Crippen MR) is 118 cm³/mol. The van der Waals surface area contributed by atoms with Crippen LogP contribution in [0.25, 0.3) is 0 Å². The van der Waals surface area contributed by atoms with Crippen molar-refractivity contribution in [3.8, 4) is 0 Å². The summed E-state index contributed by atoms with van der Waals surface area (Å²) in [5, 5.41) is 5.53. The molecule has 0 aliphatic carbocycles. The minimum atomic E-state index is -3.76. The van der Waals surface area contributed by atoms with Crippen LogP contribution in [-0.4, -0.2) is 36.2 Å². The molecular formula is C20H17ClN4O4S2. The van der Waals surface area contributed by atoms with E-state index in [-0.39, 0.29) is 34.8 Å². The Labute approximate surface area is 187 Å². The van der Waals surface area contributed by atoms with Crippen LogP contribution in [-0.2, 0) is 26.2 Å². The topological polar surface area (TPSA) is 108 Å². The Morgan fingerprint density at radius 2 is 1.81 bits per heavy atom. The van der Waals surface area contributed by atoms with Crippen LogP contribution in [0.1, 0.15) is 12.0 Å². The van der Waals surface area contributed by atoms with Gasteiger partial charge in [0, 0.05) is 22.3 Å². The smallest absolute Gasteiger partial charge is 0.263 e. The standard InChI is InChI=1S/C20H17ClN4O4S2/c21-14-3-1-13(2-4-14)12-25-18(26)11-17(19(25)27)23-15-5-7-16(8-6-15)31(28,29)24-20-22-9-10-30-20/h1-10,17,23H,11-12H2,(H,22,24)/t17-/m0/s1. The number of aromatic nitrogens is 1. The molecule has 2 N–H and O–H groups in total. The van der Waals surface area contributed by atoms with Crippen LogP contribution in [0.5, 0.6) is 0 Å². The van der Waals surface area contributed by atoms with Gasteiger partial charge in [0.1, 0.15) is 6.04 Å². The van der Waals surface area contributed by atoms with E-state index in [9.17, 15) is 18.0 Å². The van der Waals surface area contributed by atoms with Gasteiger partial charge >= 0.3 is 0 Å². The summed E-state index contributed by atoms with van der Waals surface area (Å²) in [6, 6.07) is 12.2. The Morgan fingerprint density at radius 3 is 2.45 bits per heavy atom. The van der Waals surface area contributed by atoms with Gasteiger partial charge in [0.2, 0.25) is 5.91 Å². The molecule has 1 saturated heterocycles. The van der Waals surface area contributed by atoms with Crippen molar-refractivity contribution in [3.63, 3.8) is 0 Å². The lowest BCUT2D eigenvalue weighted by molar-refractivity contribution is -0.139. The first-order valence-electron chi connectivity index (χ1n) is 9.19. The first-order valence-corrected chi connectivity index (χ1v) is 11.9. The number of amides is 2. The predicted octanol–water partition coefficient (Wildman–Crippen LogP) is 3.34. The molecule has 4 rings (SSSR count). The van der Waals surface area contributed by atoms with Gasteiger partial charge in [0.05, 0.1) is 17.9 Å². The number of anilines is 2. The lowest BCUT2D eigenvalue weighted by atomic mass is 10.2. The van der Waals surface area contributed by atoms with Gasteiger partial charge in [-0.2, -0.15) is 0 Å². The summed E-state index contributed by atoms with van der Waals surface area (Å²) in [5.41, 5.74) is 1.33. The zero-order valence-electron chi connectivity index (χ0n) is 16.0. The summed E-state index contributed by atoms with van der Waals surface area (Å²) in [5.74, 6) is -0.605. The first-order chi connectivity index (χ1) is 14.8. The number of nitrogens with one attached hydrogen (secondary N) is 2. The van der Waals surface area contributed by atoms with Crippen molar-refractivity contribution in [3.05, 3.63) is 70.7 Å². The molecule has 2 heterocycles. The van der Waals surface area contributed by atoms with Gasteiger partial charge in [-0.1, -0.05) is 23.7 Å². The maximum atomic E-state index is 12.7. The number of imide groups is 1. The number of rotatable bonds is 7. The molecule has 0 spiro atoms. The highest BCUT2D eigenvalue weighted by atomic mass is 35.5. The summed E-state index contributed by atoms with van der Waals surface area (Å²) in [7, 11) is -3.76. The normalized spacial score (nSPS) is 16.5. The maximum absolute atomic E-state index is 12.7. The number of hydrogen-bond acceptors (Lipinski definition) is 7. The second-order valence-corrected chi connectivity index (χ2v) is 9.83. The van der Waals surface area contributed by atoms with Crippen LogP contribution in [0, 0.1) is 0 Å². The molecule has 11 heteroatoms. The van der Waals surface area contributed by atoms with Crippen LogP contribution < -0.4 is 10.0 Å². The third-order valence-corrected chi connectivity index (χ3v) is 7.08. The molecule has 2 aromatic carbocycles. The second kappa shape index (κ2) is 8.66. The van der Waals surface area contributed by atoms with Gasteiger partial charge < -0.3 is 5.32 Å². The lowest BCUT2D eigenvalue weighted by Crippen LogP contribution is -2.34. The van der Waals surface area contributed by atoms with E-state index in [0.717, 1.165) is 5.56 Å². The Morgan fingerprint density at radius 1 is 1.10 bits per heavy atom. The summed E-state index contributed by atoms with van der Waals surface area (Å²) in [6.07, 6.45) is 1.53. The molecule has 1 aliphatic rings. The van der Waals surface area contributed by atoms with E-state index in [4.69, 9.17) is 11.6 Å². The Hall–Kier alpha value is -2.95. The van der Waals surface area contributed by atoms with Gasteiger partial charge in [-0.05, 0) is 42.0 Å². The van der Waals surface area contributed by atoms with Crippen molar-refractivity contribution in [2.24, 2.45) is 0 Å². The van der Waals surface area contributed by atoms with E-state index in [1.54, 1.807) is 41.8 Å². The second-order valence-electron chi connectivity index (χ2n) is 6.81. The van der Waals surface area contributed by atoms with E-state index < -0.39 is 16.1 Å². The number of halogens is 1. The summed E-state index contributed by atoms with van der Waals surface area (Å²) >= 11 is 7.05. The fraction of sp³-hybridized carbons (Fsp3) is 0.150.